The molecule has 0 radical (unpaired) electrons. The molecule has 16 heavy (non-hydrogen) atoms. The molecule has 0 aromatic heterocycles. The van der Waals surface area contributed by atoms with Crippen LogP contribution in [-0.2, 0) is 14.3 Å². The number of rotatable bonds is 7. The summed E-state index contributed by atoms with van der Waals surface area (Å²) in [4.78, 5) is 21.9. The molecule has 5 nitrogen and oxygen atoms in total. The van der Waals surface area contributed by atoms with Crippen molar-refractivity contribution >= 4 is 11.9 Å². The third kappa shape index (κ3) is 5.70. The van der Waals surface area contributed by atoms with Crippen LogP contribution < -0.4 is 5.32 Å². The van der Waals surface area contributed by atoms with Crippen molar-refractivity contribution in [1.82, 2.24) is 5.32 Å². The summed E-state index contributed by atoms with van der Waals surface area (Å²) in [5.74, 6) is -2.55. The third-order valence-electron chi connectivity index (χ3n) is 2.49. The van der Waals surface area contributed by atoms with E-state index in [-0.39, 0.29) is 5.41 Å². The number of amides is 1. The number of ether oxygens (including phenoxy) is 1. The molecule has 0 fully saturated rings. The lowest BCUT2D eigenvalue weighted by Gasteiger charge is -2.25. The number of carbonyl (C=O) groups excluding carboxylic acids is 1. The van der Waals surface area contributed by atoms with Gasteiger partial charge in [-0.2, -0.15) is 0 Å². The number of methoxy groups -OCH3 is 1. The van der Waals surface area contributed by atoms with Crippen molar-refractivity contribution in [3.8, 4) is 0 Å². The molecule has 94 valence electrons. The molecule has 0 aliphatic heterocycles. The van der Waals surface area contributed by atoms with E-state index in [9.17, 15) is 9.59 Å². The molecule has 5 heteroatoms. The molecule has 1 atom stereocenters. The molecule has 0 bridgehead atoms. The van der Waals surface area contributed by atoms with Gasteiger partial charge in [-0.25, -0.2) is 0 Å². The van der Waals surface area contributed by atoms with E-state index in [1.165, 1.54) is 6.92 Å². The predicted molar refractivity (Wildman–Crippen MR) is 60.1 cm³/mol. The van der Waals surface area contributed by atoms with Crippen LogP contribution >= 0.6 is 0 Å². The lowest BCUT2D eigenvalue weighted by atomic mass is 9.89. The smallest absolute Gasteiger partial charge is 0.315 e. The van der Waals surface area contributed by atoms with Crippen LogP contribution in [0.5, 0.6) is 0 Å². The summed E-state index contributed by atoms with van der Waals surface area (Å²) < 4.78 is 4.96. The molecular weight excluding hydrogens is 210 g/mol. The maximum Gasteiger partial charge on any atom is 0.315 e. The molecule has 0 aromatic carbocycles. The molecule has 0 aromatic rings. The summed E-state index contributed by atoms with van der Waals surface area (Å²) in [5, 5.41) is 11.3. The van der Waals surface area contributed by atoms with E-state index in [0.29, 0.717) is 13.2 Å². The minimum absolute atomic E-state index is 0.0934. The van der Waals surface area contributed by atoms with Crippen molar-refractivity contribution in [3.05, 3.63) is 0 Å². The zero-order valence-corrected chi connectivity index (χ0v) is 10.4. The van der Waals surface area contributed by atoms with E-state index in [1.54, 1.807) is 7.11 Å². The van der Waals surface area contributed by atoms with Gasteiger partial charge in [0.05, 0.1) is 0 Å². The van der Waals surface area contributed by atoms with Gasteiger partial charge < -0.3 is 15.2 Å². The van der Waals surface area contributed by atoms with Gasteiger partial charge in [0.25, 0.3) is 0 Å². The van der Waals surface area contributed by atoms with E-state index in [1.807, 2.05) is 13.8 Å². The molecule has 0 aliphatic carbocycles. The highest BCUT2D eigenvalue weighted by molar-refractivity contribution is 5.96. The van der Waals surface area contributed by atoms with Gasteiger partial charge in [-0.1, -0.05) is 13.8 Å². The van der Waals surface area contributed by atoms with Crippen molar-refractivity contribution in [2.45, 2.75) is 27.2 Å². The summed E-state index contributed by atoms with van der Waals surface area (Å²) in [6.07, 6.45) is 0.811. The zero-order chi connectivity index (χ0) is 12.8. The van der Waals surface area contributed by atoms with Gasteiger partial charge in [-0.3, -0.25) is 9.59 Å². The Morgan fingerprint density at radius 2 is 2.00 bits per heavy atom. The van der Waals surface area contributed by atoms with Gasteiger partial charge in [0.1, 0.15) is 5.92 Å². The average molecular weight is 231 g/mol. The summed E-state index contributed by atoms with van der Waals surface area (Å²) >= 11 is 0. The lowest BCUT2D eigenvalue weighted by Crippen LogP contribution is -2.39. The highest BCUT2D eigenvalue weighted by atomic mass is 16.5. The fourth-order valence-corrected chi connectivity index (χ4v) is 1.06. The molecule has 0 saturated heterocycles. The summed E-state index contributed by atoms with van der Waals surface area (Å²) in [7, 11) is 1.63. The number of hydrogen-bond acceptors (Lipinski definition) is 3. The van der Waals surface area contributed by atoms with Gasteiger partial charge in [0.2, 0.25) is 5.91 Å². The summed E-state index contributed by atoms with van der Waals surface area (Å²) in [6.45, 7) is 6.44. The largest absolute Gasteiger partial charge is 0.481 e. The van der Waals surface area contributed by atoms with Crippen LogP contribution in [0, 0.1) is 11.3 Å². The van der Waals surface area contributed by atoms with Crippen molar-refractivity contribution in [2.75, 3.05) is 20.3 Å². The maximum atomic E-state index is 11.4. The molecule has 2 N–H and O–H groups in total. The lowest BCUT2D eigenvalue weighted by molar-refractivity contribution is -0.146. The van der Waals surface area contributed by atoms with Crippen LogP contribution in [0.2, 0.25) is 0 Å². The predicted octanol–water partition coefficient (Wildman–Crippen LogP) is 0.886. The van der Waals surface area contributed by atoms with Gasteiger partial charge in [0, 0.05) is 20.3 Å². The fourth-order valence-electron chi connectivity index (χ4n) is 1.06. The first kappa shape index (κ1) is 14.9. The first-order valence-corrected chi connectivity index (χ1v) is 5.29. The number of nitrogens with one attached hydrogen (secondary N) is 1. The molecule has 0 saturated carbocycles. The topological polar surface area (TPSA) is 75.6 Å². The average Bonchev–Trinajstić information content (AvgIpc) is 2.22. The van der Waals surface area contributed by atoms with Crippen LogP contribution in [0.4, 0.5) is 0 Å². The van der Waals surface area contributed by atoms with Crippen molar-refractivity contribution in [3.63, 3.8) is 0 Å². The number of carboxylic acid groups (broad SMARTS) is 1. The number of hydrogen-bond donors (Lipinski definition) is 2. The van der Waals surface area contributed by atoms with E-state index in [2.05, 4.69) is 5.32 Å². The zero-order valence-electron chi connectivity index (χ0n) is 10.4. The van der Waals surface area contributed by atoms with Gasteiger partial charge >= 0.3 is 5.97 Å². The van der Waals surface area contributed by atoms with Crippen molar-refractivity contribution < 1.29 is 19.4 Å². The van der Waals surface area contributed by atoms with Crippen LogP contribution in [0.25, 0.3) is 0 Å². The SMILES string of the molecule is COCCC(C)(C)CNC(=O)C(C)C(=O)O. The standard InChI is InChI=1S/C11H21NO4/c1-8(10(14)15)9(13)12-7-11(2,3)5-6-16-4/h8H,5-7H2,1-4H3,(H,12,13)(H,14,15). The highest BCUT2D eigenvalue weighted by Crippen LogP contribution is 2.18. The Hall–Kier alpha value is -1.10. The molecular formula is C11H21NO4. The quantitative estimate of drug-likeness (QED) is 0.638. The second kappa shape index (κ2) is 6.48. The Balaban J connectivity index is 4.03. The van der Waals surface area contributed by atoms with E-state index >= 15 is 0 Å². The Labute approximate surface area is 96.2 Å². The Morgan fingerprint density at radius 1 is 1.44 bits per heavy atom. The monoisotopic (exact) mass is 231 g/mol. The van der Waals surface area contributed by atoms with E-state index < -0.39 is 17.8 Å². The molecule has 0 heterocycles. The normalized spacial score (nSPS) is 13.2. The Morgan fingerprint density at radius 3 is 2.44 bits per heavy atom. The number of carboxylic acids is 1. The maximum absolute atomic E-state index is 11.4. The minimum atomic E-state index is -1.10. The first-order chi connectivity index (χ1) is 7.30. The van der Waals surface area contributed by atoms with Gasteiger partial charge in [0.15, 0.2) is 0 Å². The van der Waals surface area contributed by atoms with E-state index in [4.69, 9.17) is 9.84 Å². The summed E-state index contributed by atoms with van der Waals surface area (Å²) in [6, 6.07) is 0. The van der Waals surface area contributed by atoms with Crippen LogP contribution in [0.3, 0.4) is 0 Å². The summed E-state index contributed by atoms with van der Waals surface area (Å²) in [5.41, 5.74) is -0.0934. The first-order valence-electron chi connectivity index (χ1n) is 5.29. The molecule has 0 rings (SSSR count). The molecule has 1 amide bonds. The van der Waals surface area contributed by atoms with Crippen LogP contribution in [0.15, 0.2) is 0 Å². The number of carbonyl (C=O) groups is 2. The van der Waals surface area contributed by atoms with Crippen molar-refractivity contribution in [2.24, 2.45) is 11.3 Å². The second-order valence-electron chi connectivity index (χ2n) is 4.68. The third-order valence-corrected chi connectivity index (χ3v) is 2.49. The Bertz CT molecular complexity index is 250. The van der Waals surface area contributed by atoms with Gasteiger partial charge in [-0.15, -0.1) is 0 Å². The minimum Gasteiger partial charge on any atom is -0.481 e. The second-order valence-corrected chi connectivity index (χ2v) is 4.68. The van der Waals surface area contributed by atoms with Crippen LogP contribution in [0.1, 0.15) is 27.2 Å². The fraction of sp³-hybridized carbons (Fsp3) is 0.818. The molecule has 1 unspecified atom stereocenters. The van der Waals surface area contributed by atoms with Gasteiger partial charge in [-0.05, 0) is 18.8 Å². The molecule has 0 aliphatic rings. The van der Waals surface area contributed by atoms with Crippen LogP contribution in [-0.4, -0.2) is 37.2 Å². The van der Waals surface area contributed by atoms with Crippen molar-refractivity contribution in [1.29, 1.82) is 0 Å². The highest BCUT2D eigenvalue weighted by Gasteiger charge is 2.23. The Kier molecular flexibility index (Phi) is 6.03. The van der Waals surface area contributed by atoms with E-state index in [0.717, 1.165) is 6.42 Å². The number of aliphatic carboxylic acids is 1. The molecule has 0 spiro atoms.